The summed E-state index contributed by atoms with van der Waals surface area (Å²) in [5.41, 5.74) is -0.0296. The summed E-state index contributed by atoms with van der Waals surface area (Å²) in [5.74, 6) is -1.13. The molecule has 2 heterocycles. The first kappa shape index (κ1) is 17.0. The fourth-order valence-electron chi connectivity index (χ4n) is 3.00. The zero-order valence-corrected chi connectivity index (χ0v) is 14.0. The number of likely N-dealkylation sites (N-methyl/N-ethyl adjacent to an activating group) is 1. The maximum atomic E-state index is 12.7. The Morgan fingerprint density at radius 1 is 1.41 bits per heavy atom. The highest BCUT2D eigenvalue weighted by molar-refractivity contribution is 7.89. The van der Waals surface area contributed by atoms with Crippen LogP contribution in [0, 0.1) is 0 Å². The third-order valence-electron chi connectivity index (χ3n) is 4.29. The second-order valence-electron chi connectivity index (χ2n) is 5.50. The van der Waals surface area contributed by atoms with Crippen molar-refractivity contribution in [2.24, 2.45) is 7.05 Å². The van der Waals surface area contributed by atoms with Gasteiger partial charge in [0.1, 0.15) is 10.6 Å². The second kappa shape index (κ2) is 6.39. The first-order valence-electron chi connectivity index (χ1n) is 7.45. The number of hydrogen-bond donors (Lipinski definition) is 1. The number of carboxylic acid groups (broad SMARTS) is 1. The van der Waals surface area contributed by atoms with Gasteiger partial charge in [-0.1, -0.05) is 13.8 Å². The van der Waals surface area contributed by atoms with Gasteiger partial charge in [0.25, 0.3) is 0 Å². The molecule has 0 saturated carbocycles. The van der Waals surface area contributed by atoms with E-state index in [1.54, 1.807) is 0 Å². The van der Waals surface area contributed by atoms with E-state index in [0.717, 1.165) is 19.5 Å². The number of carboxylic acids is 1. The van der Waals surface area contributed by atoms with Crippen LogP contribution in [0.5, 0.6) is 0 Å². The molecule has 1 atom stereocenters. The Balaban J connectivity index is 2.22. The van der Waals surface area contributed by atoms with Crippen molar-refractivity contribution in [1.29, 1.82) is 0 Å². The Bertz CT molecular complexity index is 649. The number of aryl methyl sites for hydroxylation is 1. The number of carbonyl (C=O) groups is 1. The summed E-state index contributed by atoms with van der Waals surface area (Å²) in [6.45, 7) is 6.85. The molecule has 0 radical (unpaired) electrons. The summed E-state index contributed by atoms with van der Waals surface area (Å²) in [5, 5.41) is 9.05. The molecule has 1 aromatic rings. The minimum Gasteiger partial charge on any atom is -0.477 e. The normalized spacial score (nSPS) is 19.9. The van der Waals surface area contributed by atoms with Gasteiger partial charge in [-0.3, -0.25) is 4.90 Å². The van der Waals surface area contributed by atoms with Crippen LogP contribution in [-0.2, 0) is 17.1 Å². The smallest absolute Gasteiger partial charge is 0.352 e. The van der Waals surface area contributed by atoms with Crippen LogP contribution in [0.1, 0.15) is 30.8 Å². The molecule has 2 rings (SSSR count). The first-order chi connectivity index (χ1) is 10.3. The van der Waals surface area contributed by atoms with Gasteiger partial charge in [-0.05, 0) is 25.6 Å². The first-order valence-corrected chi connectivity index (χ1v) is 8.89. The van der Waals surface area contributed by atoms with Crippen LogP contribution < -0.4 is 0 Å². The number of nitrogens with zero attached hydrogens (tertiary/aromatic N) is 3. The molecule has 0 amide bonds. The zero-order valence-electron chi connectivity index (χ0n) is 13.2. The Kier molecular flexibility index (Phi) is 4.93. The molecule has 1 unspecified atom stereocenters. The standard InChI is InChI=1S/C14H23N3O4S/c1-4-16(5-2)11-6-7-17(9-11)22(20,21)12-8-13(14(18)19)15(3)10-12/h8,10-11H,4-7,9H2,1-3H3,(H,18,19). The summed E-state index contributed by atoms with van der Waals surface area (Å²) in [7, 11) is -2.10. The maximum absolute atomic E-state index is 12.7. The fourth-order valence-corrected chi connectivity index (χ4v) is 4.57. The van der Waals surface area contributed by atoms with E-state index in [0.29, 0.717) is 13.1 Å². The SMILES string of the molecule is CCN(CC)C1CCN(S(=O)(=O)c2cc(C(=O)O)n(C)c2)C1. The van der Waals surface area contributed by atoms with Gasteiger partial charge in [0.2, 0.25) is 10.0 Å². The lowest BCUT2D eigenvalue weighted by atomic mass is 10.2. The minimum absolute atomic E-state index is 0.0296. The van der Waals surface area contributed by atoms with Crippen molar-refractivity contribution < 1.29 is 18.3 Å². The van der Waals surface area contributed by atoms with E-state index in [2.05, 4.69) is 18.7 Å². The van der Waals surface area contributed by atoms with Gasteiger partial charge in [-0.2, -0.15) is 4.31 Å². The fraction of sp³-hybridized carbons (Fsp3) is 0.643. The van der Waals surface area contributed by atoms with Crippen LogP contribution in [0.3, 0.4) is 0 Å². The van der Waals surface area contributed by atoms with E-state index in [-0.39, 0.29) is 16.6 Å². The van der Waals surface area contributed by atoms with Crippen LogP contribution in [0.15, 0.2) is 17.2 Å². The lowest BCUT2D eigenvalue weighted by molar-refractivity contribution is 0.0686. The highest BCUT2D eigenvalue weighted by Crippen LogP contribution is 2.24. The van der Waals surface area contributed by atoms with Gasteiger partial charge in [0.15, 0.2) is 0 Å². The summed E-state index contributed by atoms with van der Waals surface area (Å²) >= 11 is 0. The summed E-state index contributed by atoms with van der Waals surface area (Å²) in [6, 6.07) is 1.45. The molecule has 22 heavy (non-hydrogen) atoms. The van der Waals surface area contributed by atoms with E-state index in [4.69, 9.17) is 5.11 Å². The van der Waals surface area contributed by atoms with E-state index in [1.807, 2.05) is 0 Å². The number of aromatic carboxylic acids is 1. The summed E-state index contributed by atoms with van der Waals surface area (Å²) < 4.78 is 28.1. The lowest BCUT2D eigenvalue weighted by Crippen LogP contribution is -2.38. The van der Waals surface area contributed by atoms with Crippen molar-refractivity contribution >= 4 is 16.0 Å². The highest BCUT2D eigenvalue weighted by Gasteiger charge is 2.35. The monoisotopic (exact) mass is 329 g/mol. The van der Waals surface area contributed by atoms with Crippen LogP contribution in [0.2, 0.25) is 0 Å². The molecule has 1 saturated heterocycles. The second-order valence-corrected chi connectivity index (χ2v) is 7.44. The van der Waals surface area contributed by atoms with Gasteiger partial charge in [-0.15, -0.1) is 0 Å². The molecule has 1 aliphatic rings. The van der Waals surface area contributed by atoms with E-state index < -0.39 is 16.0 Å². The average molecular weight is 329 g/mol. The molecular formula is C14H23N3O4S. The van der Waals surface area contributed by atoms with Gasteiger partial charge >= 0.3 is 5.97 Å². The average Bonchev–Trinajstić information content (AvgIpc) is 3.07. The van der Waals surface area contributed by atoms with Gasteiger partial charge in [-0.25, -0.2) is 13.2 Å². The zero-order chi connectivity index (χ0) is 16.5. The molecule has 1 aliphatic heterocycles. The van der Waals surface area contributed by atoms with E-state index in [1.165, 1.54) is 28.2 Å². The van der Waals surface area contributed by atoms with Crippen molar-refractivity contribution in [3.8, 4) is 0 Å². The number of rotatable bonds is 6. The molecule has 0 bridgehead atoms. The van der Waals surface area contributed by atoms with Crippen molar-refractivity contribution in [3.05, 3.63) is 18.0 Å². The Labute approximate surface area is 131 Å². The quantitative estimate of drug-likeness (QED) is 0.836. The Hall–Kier alpha value is -1.38. The van der Waals surface area contributed by atoms with Crippen molar-refractivity contribution in [2.75, 3.05) is 26.2 Å². The van der Waals surface area contributed by atoms with Crippen LogP contribution in [0.4, 0.5) is 0 Å². The highest BCUT2D eigenvalue weighted by atomic mass is 32.2. The molecule has 1 aromatic heterocycles. The third-order valence-corrected chi connectivity index (χ3v) is 6.12. The molecule has 0 aliphatic carbocycles. The topological polar surface area (TPSA) is 82.8 Å². The van der Waals surface area contributed by atoms with Gasteiger partial charge in [0, 0.05) is 32.4 Å². The molecule has 124 valence electrons. The van der Waals surface area contributed by atoms with Gasteiger partial charge in [0.05, 0.1) is 0 Å². The largest absolute Gasteiger partial charge is 0.477 e. The van der Waals surface area contributed by atoms with Crippen LogP contribution in [0.25, 0.3) is 0 Å². The minimum atomic E-state index is -3.63. The molecule has 1 fully saturated rings. The van der Waals surface area contributed by atoms with E-state index >= 15 is 0 Å². The van der Waals surface area contributed by atoms with Crippen LogP contribution in [-0.4, -0.2) is 65.5 Å². The Morgan fingerprint density at radius 3 is 2.55 bits per heavy atom. The maximum Gasteiger partial charge on any atom is 0.352 e. The van der Waals surface area contributed by atoms with Gasteiger partial charge < -0.3 is 9.67 Å². The molecule has 8 heteroatoms. The predicted molar refractivity (Wildman–Crippen MR) is 82.5 cm³/mol. The lowest BCUT2D eigenvalue weighted by Gasteiger charge is -2.25. The number of sulfonamides is 1. The van der Waals surface area contributed by atoms with Crippen molar-refractivity contribution in [1.82, 2.24) is 13.8 Å². The predicted octanol–water partition coefficient (Wildman–Crippen LogP) is 0.828. The summed E-state index contributed by atoms with van der Waals surface area (Å²) in [4.78, 5) is 13.4. The molecule has 0 aromatic carbocycles. The van der Waals surface area contributed by atoms with Crippen molar-refractivity contribution in [2.45, 2.75) is 31.2 Å². The number of aromatic nitrogens is 1. The van der Waals surface area contributed by atoms with Crippen molar-refractivity contribution in [3.63, 3.8) is 0 Å². The molecular weight excluding hydrogens is 306 g/mol. The molecule has 1 N–H and O–H groups in total. The number of hydrogen-bond acceptors (Lipinski definition) is 4. The summed E-state index contributed by atoms with van der Waals surface area (Å²) in [6.07, 6.45) is 2.17. The Morgan fingerprint density at radius 2 is 2.05 bits per heavy atom. The third kappa shape index (κ3) is 3.04. The molecule has 0 spiro atoms. The van der Waals surface area contributed by atoms with Crippen LogP contribution >= 0.6 is 0 Å². The van der Waals surface area contributed by atoms with E-state index in [9.17, 15) is 13.2 Å². The molecule has 7 nitrogen and oxygen atoms in total.